The second-order valence-corrected chi connectivity index (χ2v) is 9.94. The molecular weight excluding hydrogens is 414 g/mol. The molecule has 0 bridgehead atoms. The molecule has 7 nitrogen and oxygen atoms in total. The zero-order valence-electron chi connectivity index (χ0n) is 18.5. The first-order valence-electron chi connectivity index (χ1n) is 10.0. The quantitative estimate of drug-likeness (QED) is 0.574. The van der Waals surface area contributed by atoms with Crippen LogP contribution in [0, 0.1) is 0 Å². The highest BCUT2D eigenvalue weighted by molar-refractivity contribution is 7.89. The van der Waals surface area contributed by atoms with Gasteiger partial charge in [-0.2, -0.15) is 5.10 Å². The van der Waals surface area contributed by atoms with Gasteiger partial charge in [-0.1, -0.05) is 45.0 Å². The van der Waals surface area contributed by atoms with E-state index < -0.39 is 15.4 Å². The Bertz CT molecular complexity index is 1130. The van der Waals surface area contributed by atoms with E-state index in [4.69, 9.17) is 9.47 Å². The van der Waals surface area contributed by atoms with Gasteiger partial charge in [0.05, 0.1) is 31.8 Å². The topological polar surface area (TPSA) is 82.5 Å². The van der Waals surface area contributed by atoms with E-state index in [9.17, 15) is 8.42 Å². The summed E-state index contributed by atoms with van der Waals surface area (Å²) in [5, 5.41) is 4.59. The van der Waals surface area contributed by atoms with Gasteiger partial charge in [-0.05, 0) is 36.2 Å². The summed E-state index contributed by atoms with van der Waals surface area (Å²) in [4.78, 5) is 0.191. The number of hydrogen-bond acceptors (Lipinski definition) is 5. The number of nitrogens with zero attached hydrogens (tertiary/aromatic N) is 2. The van der Waals surface area contributed by atoms with Crippen LogP contribution in [0.15, 0.2) is 59.6 Å². The van der Waals surface area contributed by atoms with Crippen molar-refractivity contribution in [3.8, 4) is 17.2 Å². The van der Waals surface area contributed by atoms with Gasteiger partial charge >= 0.3 is 0 Å². The Balaban J connectivity index is 1.82. The maximum Gasteiger partial charge on any atom is 0.244 e. The molecule has 0 aliphatic carbocycles. The van der Waals surface area contributed by atoms with E-state index in [2.05, 4.69) is 9.82 Å². The van der Waals surface area contributed by atoms with Crippen LogP contribution in [-0.2, 0) is 21.9 Å². The molecular formula is C23H29N3O4S. The summed E-state index contributed by atoms with van der Waals surface area (Å²) in [5.41, 5.74) is 1.83. The molecule has 1 N–H and O–H groups in total. The van der Waals surface area contributed by atoms with Crippen LogP contribution < -0.4 is 14.2 Å². The third kappa shape index (κ3) is 5.26. The minimum atomic E-state index is -3.75. The van der Waals surface area contributed by atoms with Gasteiger partial charge in [0, 0.05) is 12.0 Å². The van der Waals surface area contributed by atoms with E-state index in [0.717, 1.165) is 11.3 Å². The van der Waals surface area contributed by atoms with Crippen molar-refractivity contribution in [2.24, 2.45) is 0 Å². The summed E-state index contributed by atoms with van der Waals surface area (Å²) in [6.45, 7) is 6.10. The number of sulfonamides is 1. The fraction of sp³-hybridized carbons (Fsp3) is 0.348. The second-order valence-electron chi connectivity index (χ2n) is 8.21. The molecule has 0 unspecified atom stereocenters. The minimum Gasteiger partial charge on any atom is -0.493 e. The zero-order chi connectivity index (χ0) is 22.6. The Morgan fingerprint density at radius 2 is 1.68 bits per heavy atom. The summed E-state index contributed by atoms with van der Waals surface area (Å²) in [7, 11) is -0.600. The Labute approximate surface area is 184 Å². The number of benzene rings is 2. The SMILES string of the molecule is COc1ccc(CCNS(=O)(=O)c2cn(-c3ccccc3)nc2C(C)(C)C)cc1OC. The number of methoxy groups -OCH3 is 2. The van der Waals surface area contributed by atoms with Crippen molar-refractivity contribution in [3.63, 3.8) is 0 Å². The van der Waals surface area contributed by atoms with Crippen LogP contribution >= 0.6 is 0 Å². The molecule has 0 spiro atoms. The van der Waals surface area contributed by atoms with Crippen molar-refractivity contribution in [1.82, 2.24) is 14.5 Å². The molecule has 8 heteroatoms. The summed E-state index contributed by atoms with van der Waals surface area (Å²) >= 11 is 0. The maximum atomic E-state index is 13.1. The molecule has 166 valence electrons. The fourth-order valence-corrected chi connectivity index (χ4v) is 4.60. The first kappa shape index (κ1) is 22.8. The van der Waals surface area contributed by atoms with Crippen LogP contribution in [0.1, 0.15) is 32.0 Å². The van der Waals surface area contributed by atoms with Gasteiger partial charge in [-0.3, -0.25) is 0 Å². The van der Waals surface area contributed by atoms with Gasteiger partial charge < -0.3 is 9.47 Å². The molecule has 0 amide bonds. The van der Waals surface area contributed by atoms with Crippen LogP contribution in [0.25, 0.3) is 5.69 Å². The molecule has 1 heterocycles. The Morgan fingerprint density at radius 3 is 2.29 bits per heavy atom. The first-order chi connectivity index (χ1) is 14.7. The van der Waals surface area contributed by atoms with Crippen molar-refractivity contribution < 1.29 is 17.9 Å². The van der Waals surface area contributed by atoms with Crippen LogP contribution in [0.2, 0.25) is 0 Å². The van der Waals surface area contributed by atoms with Crippen LogP contribution in [-0.4, -0.2) is 39.0 Å². The smallest absolute Gasteiger partial charge is 0.244 e. The lowest BCUT2D eigenvalue weighted by Crippen LogP contribution is -2.28. The third-order valence-corrected chi connectivity index (χ3v) is 6.32. The van der Waals surface area contributed by atoms with Gasteiger partial charge in [-0.25, -0.2) is 17.8 Å². The fourth-order valence-electron chi connectivity index (χ4n) is 3.23. The maximum absolute atomic E-state index is 13.1. The number of rotatable bonds is 8. The van der Waals surface area contributed by atoms with Crippen LogP contribution in [0.4, 0.5) is 0 Å². The van der Waals surface area contributed by atoms with E-state index >= 15 is 0 Å². The molecule has 0 radical (unpaired) electrons. The van der Waals surface area contributed by atoms with Gasteiger partial charge in [0.15, 0.2) is 11.5 Å². The second kappa shape index (κ2) is 9.11. The molecule has 0 saturated carbocycles. The van der Waals surface area contributed by atoms with Crippen LogP contribution in [0.5, 0.6) is 11.5 Å². The summed E-state index contributed by atoms with van der Waals surface area (Å²) in [6, 6.07) is 15.0. The summed E-state index contributed by atoms with van der Waals surface area (Å²) in [6.07, 6.45) is 2.09. The lowest BCUT2D eigenvalue weighted by atomic mass is 9.92. The predicted octanol–water partition coefficient (Wildman–Crippen LogP) is 3.71. The molecule has 2 aromatic carbocycles. The van der Waals surface area contributed by atoms with E-state index in [-0.39, 0.29) is 11.4 Å². The predicted molar refractivity (Wildman–Crippen MR) is 121 cm³/mol. The Morgan fingerprint density at radius 1 is 1.00 bits per heavy atom. The highest BCUT2D eigenvalue weighted by Crippen LogP contribution is 2.29. The van der Waals surface area contributed by atoms with Gasteiger partial charge in [0.1, 0.15) is 4.90 Å². The largest absolute Gasteiger partial charge is 0.493 e. The van der Waals surface area contributed by atoms with E-state index in [0.29, 0.717) is 23.6 Å². The van der Waals surface area contributed by atoms with E-state index in [1.165, 1.54) is 0 Å². The molecule has 0 fully saturated rings. The molecule has 3 rings (SSSR count). The number of para-hydroxylation sites is 1. The first-order valence-corrected chi connectivity index (χ1v) is 11.5. The molecule has 0 saturated heterocycles. The number of aromatic nitrogens is 2. The Hall–Kier alpha value is -2.84. The number of nitrogens with one attached hydrogen (secondary N) is 1. The van der Waals surface area contributed by atoms with Crippen molar-refractivity contribution in [2.45, 2.75) is 37.5 Å². The standard InChI is InChI=1S/C23H29N3O4S/c1-23(2,3)22-21(16-26(25-22)18-9-7-6-8-10-18)31(27,28)24-14-13-17-11-12-19(29-4)20(15-17)30-5/h6-12,15-16,24H,13-14H2,1-5H3. The van der Waals surface area contributed by atoms with Crippen molar-refractivity contribution in [1.29, 1.82) is 0 Å². The molecule has 31 heavy (non-hydrogen) atoms. The molecule has 0 atom stereocenters. The summed E-state index contributed by atoms with van der Waals surface area (Å²) in [5.74, 6) is 1.25. The third-order valence-electron chi connectivity index (χ3n) is 4.86. The Kier molecular flexibility index (Phi) is 6.71. The van der Waals surface area contributed by atoms with Crippen molar-refractivity contribution in [3.05, 3.63) is 66.0 Å². The van der Waals surface area contributed by atoms with Gasteiger partial charge in [0.2, 0.25) is 10.0 Å². The van der Waals surface area contributed by atoms with Crippen molar-refractivity contribution >= 4 is 10.0 Å². The highest BCUT2D eigenvalue weighted by atomic mass is 32.2. The summed E-state index contributed by atoms with van der Waals surface area (Å²) < 4.78 is 41.2. The highest BCUT2D eigenvalue weighted by Gasteiger charge is 2.30. The van der Waals surface area contributed by atoms with Gasteiger partial charge in [0.25, 0.3) is 0 Å². The van der Waals surface area contributed by atoms with E-state index in [1.54, 1.807) is 25.1 Å². The number of hydrogen-bond donors (Lipinski definition) is 1. The number of ether oxygens (including phenoxy) is 2. The zero-order valence-corrected chi connectivity index (χ0v) is 19.4. The molecule has 0 aliphatic heterocycles. The van der Waals surface area contributed by atoms with Crippen molar-refractivity contribution in [2.75, 3.05) is 20.8 Å². The van der Waals surface area contributed by atoms with Gasteiger partial charge in [-0.15, -0.1) is 0 Å². The van der Waals surface area contributed by atoms with Crippen LogP contribution in [0.3, 0.4) is 0 Å². The normalized spacial score (nSPS) is 12.0. The molecule has 1 aromatic heterocycles. The molecule has 3 aromatic rings. The average Bonchev–Trinajstić information content (AvgIpc) is 3.21. The monoisotopic (exact) mass is 443 g/mol. The van der Waals surface area contributed by atoms with E-state index in [1.807, 2.05) is 69.3 Å². The average molecular weight is 444 g/mol. The minimum absolute atomic E-state index is 0.191. The lowest BCUT2D eigenvalue weighted by molar-refractivity contribution is 0.354. The molecule has 0 aliphatic rings. The lowest BCUT2D eigenvalue weighted by Gasteiger charge is -2.17.